The van der Waals surface area contributed by atoms with Gasteiger partial charge in [-0.25, -0.2) is 4.68 Å². The van der Waals surface area contributed by atoms with Crippen LogP contribution in [0.3, 0.4) is 0 Å². The van der Waals surface area contributed by atoms with Crippen LogP contribution in [-0.2, 0) is 12.8 Å². The molecule has 3 aromatic rings. The summed E-state index contributed by atoms with van der Waals surface area (Å²) in [5, 5.41) is 14.0. The maximum absolute atomic E-state index is 9.23. The summed E-state index contributed by atoms with van der Waals surface area (Å²) in [7, 11) is 1.64. The van der Waals surface area contributed by atoms with E-state index in [2.05, 4.69) is 26.0 Å². The van der Waals surface area contributed by atoms with Crippen LogP contribution in [0.2, 0.25) is 0 Å². The van der Waals surface area contributed by atoms with Crippen molar-refractivity contribution in [1.82, 2.24) is 9.78 Å². The van der Waals surface area contributed by atoms with Gasteiger partial charge in [0.2, 0.25) is 0 Å². The number of hydrogen-bond acceptors (Lipinski definition) is 4. The number of aryl methyl sites for hydroxylation is 1. The number of benzene rings is 2. The van der Waals surface area contributed by atoms with Crippen molar-refractivity contribution >= 4 is 0 Å². The van der Waals surface area contributed by atoms with Crippen molar-refractivity contribution in [2.75, 3.05) is 7.11 Å². The minimum absolute atomic E-state index is 0.121. The molecule has 2 heterocycles. The number of nitriles is 1. The standard InChI is InChI=1S/C23H23N3O2/c1-23(2)12-10-17-14-16(4-9-22(17)28-23)21-15-19(11-13-24)26(25-21)18-5-7-20(27-3)8-6-18/h4-9,14-15H,10-12H2,1-3H3. The quantitative estimate of drug-likeness (QED) is 0.664. The van der Waals surface area contributed by atoms with Crippen molar-refractivity contribution < 1.29 is 9.47 Å². The fourth-order valence-electron chi connectivity index (χ4n) is 3.53. The van der Waals surface area contributed by atoms with E-state index in [0.29, 0.717) is 6.42 Å². The van der Waals surface area contributed by atoms with Crippen LogP contribution in [0.5, 0.6) is 11.5 Å². The van der Waals surface area contributed by atoms with Crippen molar-refractivity contribution in [1.29, 1.82) is 5.26 Å². The van der Waals surface area contributed by atoms with Crippen LogP contribution < -0.4 is 9.47 Å². The topological polar surface area (TPSA) is 60.1 Å². The predicted octanol–water partition coefficient (Wildman–Crippen LogP) is 4.72. The summed E-state index contributed by atoms with van der Waals surface area (Å²) >= 11 is 0. The monoisotopic (exact) mass is 373 g/mol. The molecule has 1 aliphatic heterocycles. The van der Waals surface area contributed by atoms with Gasteiger partial charge in [0.15, 0.2) is 0 Å². The zero-order chi connectivity index (χ0) is 19.7. The highest BCUT2D eigenvalue weighted by molar-refractivity contribution is 5.63. The van der Waals surface area contributed by atoms with Gasteiger partial charge in [0, 0.05) is 5.56 Å². The number of fused-ring (bicyclic) bond motifs is 1. The molecule has 0 saturated carbocycles. The molecule has 0 saturated heterocycles. The molecular formula is C23H23N3O2. The maximum Gasteiger partial charge on any atom is 0.123 e. The smallest absolute Gasteiger partial charge is 0.123 e. The normalized spacial score (nSPS) is 14.6. The molecule has 0 spiro atoms. The van der Waals surface area contributed by atoms with Gasteiger partial charge >= 0.3 is 0 Å². The molecule has 2 aromatic carbocycles. The molecule has 0 atom stereocenters. The summed E-state index contributed by atoms with van der Waals surface area (Å²) in [6.45, 7) is 4.24. The number of nitrogens with zero attached hydrogens (tertiary/aromatic N) is 3. The van der Waals surface area contributed by atoms with Gasteiger partial charge in [0.1, 0.15) is 17.1 Å². The van der Waals surface area contributed by atoms with Gasteiger partial charge in [-0.3, -0.25) is 0 Å². The van der Waals surface area contributed by atoms with E-state index in [1.54, 1.807) is 7.11 Å². The minimum atomic E-state index is -0.121. The summed E-state index contributed by atoms with van der Waals surface area (Å²) in [6, 6.07) is 18.1. The van der Waals surface area contributed by atoms with Crippen molar-refractivity contribution in [3.63, 3.8) is 0 Å². The van der Waals surface area contributed by atoms with Crippen molar-refractivity contribution in [2.45, 2.75) is 38.7 Å². The molecule has 0 N–H and O–H groups in total. The van der Waals surface area contributed by atoms with Crippen LogP contribution in [0, 0.1) is 11.3 Å². The Hall–Kier alpha value is -3.26. The Kier molecular flexibility index (Phi) is 4.56. The molecule has 0 radical (unpaired) electrons. The van der Waals surface area contributed by atoms with Gasteiger partial charge in [0.25, 0.3) is 0 Å². The lowest BCUT2D eigenvalue weighted by molar-refractivity contribution is 0.0847. The Morgan fingerprint density at radius 2 is 1.96 bits per heavy atom. The lowest BCUT2D eigenvalue weighted by Crippen LogP contribution is -2.32. The SMILES string of the molecule is COc1ccc(-n2nc(-c3ccc4c(c3)CCC(C)(C)O4)cc2CC#N)cc1. The van der Waals surface area contributed by atoms with Crippen LogP contribution in [0.1, 0.15) is 31.5 Å². The third kappa shape index (κ3) is 3.46. The molecule has 0 bridgehead atoms. The van der Waals surface area contributed by atoms with Gasteiger partial charge in [-0.2, -0.15) is 10.4 Å². The Morgan fingerprint density at radius 1 is 1.18 bits per heavy atom. The molecule has 4 rings (SSSR count). The van der Waals surface area contributed by atoms with E-state index in [1.807, 2.05) is 47.1 Å². The Morgan fingerprint density at radius 3 is 2.68 bits per heavy atom. The predicted molar refractivity (Wildman–Crippen MR) is 108 cm³/mol. The number of rotatable bonds is 4. The first-order valence-corrected chi connectivity index (χ1v) is 9.42. The number of methoxy groups -OCH3 is 1. The third-order valence-electron chi connectivity index (χ3n) is 5.10. The van der Waals surface area contributed by atoms with E-state index in [-0.39, 0.29) is 5.60 Å². The zero-order valence-corrected chi connectivity index (χ0v) is 16.4. The summed E-state index contributed by atoms with van der Waals surface area (Å²) < 4.78 is 13.1. The molecule has 28 heavy (non-hydrogen) atoms. The third-order valence-corrected chi connectivity index (χ3v) is 5.10. The molecule has 0 aliphatic carbocycles. The van der Waals surface area contributed by atoms with Gasteiger partial charge in [-0.05, 0) is 80.8 Å². The van der Waals surface area contributed by atoms with E-state index in [1.165, 1.54) is 5.56 Å². The summed E-state index contributed by atoms with van der Waals surface area (Å²) in [4.78, 5) is 0. The zero-order valence-electron chi connectivity index (χ0n) is 16.4. The first-order chi connectivity index (χ1) is 13.5. The van der Waals surface area contributed by atoms with Crippen LogP contribution >= 0.6 is 0 Å². The molecule has 0 unspecified atom stereocenters. The fraction of sp³-hybridized carbons (Fsp3) is 0.304. The lowest BCUT2D eigenvalue weighted by atomic mass is 9.93. The molecule has 0 amide bonds. The molecule has 1 aromatic heterocycles. The lowest BCUT2D eigenvalue weighted by Gasteiger charge is -2.32. The highest BCUT2D eigenvalue weighted by atomic mass is 16.5. The van der Waals surface area contributed by atoms with Gasteiger partial charge in [-0.15, -0.1) is 0 Å². The van der Waals surface area contributed by atoms with E-state index < -0.39 is 0 Å². The van der Waals surface area contributed by atoms with E-state index >= 15 is 0 Å². The molecule has 142 valence electrons. The largest absolute Gasteiger partial charge is 0.497 e. The molecule has 5 nitrogen and oxygen atoms in total. The second-order valence-electron chi connectivity index (χ2n) is 7.65. The van der Waals surface area contributed by atoms with Crippen molar-refractivity contribution in [3.8, 4) is 34.5 Å². The summed E-state index contributed by atoms with van der Waals surface area (Å²) in [6.07, 6.45) is 2.27. The average molecular weight is 373 g/mol. The van der Waals surface area contributed by atoms with Crippen LogP contribution in [0.4, 0.5) is 0 Å². The van der Waals surface area contributed by atoms with Crippen molar-refractivity contribution in [2.24, 2.45) is 0 Å². The van der Waals surface area contributed by atoms with Crippen LogP contribution in [-0.4, -0.2) is 22.5 Å². The van der Waals surface area contributed by atoms with E-state index in [0.717, 1.165) is 47.0 Å². The Balaban J connectivity index is 1.72. The average Bonchev–Trinajstić information content (AvgIpc) is 3.11. The molecule has 0 fully saturated rings. The second kappa shape index (κ2) is 7.05. The van der Waals surface area contributed by atoms with Gasteiger partial charge in [-0.1, -0.05) is 0 Å². The Labute approximate surface area is 165 Å². The van der Waals surface area contributed by atoms with E-state index in [9.17, 15) is 5.26 Å². The number of aromatic nitrogens is 2. The highest BCUT2D eigenvalue weighted by Crippen LogP contribution is 2.35. The van der Waals surface area contributed by atoms with Gasteiger partial charge < -0.3 is 9.47 Å². The van der Waals surface area contributed by atoms with Gasteiger partial charge in [0.05, 0.1) is 36.7 Å². The summed E-state index contributed by atoms with van der Waals surface area (Å²) in [5.74, 6) is 1.74. The first-order valence-electron chi connectivity index (χ1n) is 9.42. The maximum atomic E-state index is 9.23. The van der Waals surface area contributed by atoms with E-state index in [4.69, 9.17) is 14.6 Å². The summed E-state index contributed by atoms with van der Waals surface area (Å²) in [5.41, 5.74) is 4.74. The van der Waals surface area contributed by atoms with Crippen molar-refractivity contribution in [3.05, 3.63) is 59.8 Å². The first kappa shape index (κ1) is 18.1. The molecule has 5 heteroatoms. The van der Waals surface area contributed by atoms with Crippen LogP contribution in [0.25, 0.3) is 16.9 Å². The highest BCUT2D eigenvalue weighted by Gasteiger charge is 2.26. The van der Waals surface area contributed by atoms with Crippen LogP contribution in [0.15, 0.2) is 48.5 Å². The second-order valence-corrected chi connectivity index (χ2v) is 7.65. The Bertz CT molecular complexity index is 1040. The number of hydrogen-bond donors (Lipinski definition) is 0. The number of ether oxygens (including phenoxy) is 2. The molecule has 1 aliphatic rings. The molecular weight excluding hydrogens is 350 g/mol. The fourth-order valence-corrected chi connectivity index (χ4v) is 3.53. The minimum Gasteiger partial charge on any atom is -0.497 e.